The molecule has 0 unspecified atom stereocenters. The van der Waals surface area contributed by atoms with Gasteiger partial charge in [0.1, 0.15) is 0 Å². The van der Waals surface area contributed by atoms with Crippen molar-refractivity contribution in [3.8, 4) is 11.5 Å². The van der Waals surface area contributed by atoms with Gasteiger partial charge in [0, 0.05) is 16.6 Å². The second-order valence-corrected chi connectivity index (χ2v) is 5.17. The van der Waals surface area contributed by atoms with Gasteiger partial charge in [0.2, 0.25) is 0 Å². The SMILES string of the molecule is CCOc1cccc(CBr)c1OCCSC(F)(F)F. The standard InChI is InChI=1S/C12H14BrF3O2S/c1-2-17-10-5-3-4-9(8-13)11(10)18-6-7-19-12(14,15)16/h3-5H,2,6-8H2,1H3. The van der Waals surface area contributed by atoms with E-state index in [9.17, 15) is 13.2 Å². The molecule has 19 heavy (non-hydrogen) atoms. The van der Waals surface area contributed by atoms with Crippen LogP contribution in [-0.4, -0.2) is 24.5 Å². The molecule has 0 aromatic heterocycles. The van der Waals surface area contributed by atoms with E-state index in [2.05, 4.69) is 15.9 Å². The zero-order valence-corrected chi connectivity index (χ0v) is 12.7. The molecule has 0 atom stereocenters. The second kappa shape index (κ2) is 7.89. The van der Waals surface area contributed by atoms with Gasteiger partial charge in [0.25, 0.3) is 0 Å². The highest BCUT2D eigenvalue weighted by atomic mass is 79.9. The van der Waals surface area contributed by atoms with Crippen molar-refractivity contribution in [3.05, 3.63) is 23.8 Å². The van der Waals surface area contributed by atoms with Crippen LogP contribution < -0.4 is 9.47 Å². The Morgan fingerprint density at radius 3 is 2.58 bits per heavy atom. The number of hydrogen-bond acceptors (Lipinski definition) is 3. The van der Waals surface area contributed by atoms with E-state index in [1.807, 2.05) is 19.1 Å². The van der Waals surface area contributed by atoms with E-state index < -0.39 is 5.51 Å². The van der Waals surface area contributed by atoms with Gasteiger partial charge in [0.15, 0.2) is 11.5 Å². The van der Waals surface area contributed by atoms with Crippen molar-refractivity contribution in [2.75, 3.05) is 19.0 Å². The van der Waals surface area contributed by atoms with E-state index in [4.69, 9.17) is 9.47 Å². The fourth-order valence-electron chi connectivity index (χ4n) is 1.40. The van der Waals surface area contributed by atoms with Gasteiger partial charge in [-0.1, -0.05) is 28.1 Å². The van der Waals surface area contributed by atoms with Crippen molar-refractivity contribution < 1.29 is 22.6 Å². The number of halogens is 4. The summed E-state index contributed by atoms with van der Waals surface area (Å²) in [5, 5.41) is 0.551. The third-order valence-electron chi connectivity index (χ3n) is 2.10. The monoisotopic (exact) mass is 358 g/mol. The molecule has 0 aliphatic rings. The fraction of sp³-hybridized carbons (Fsp3) is 0.500. The number of rotatable bonds is 7. The van der Waals surface area contributed by atoms with Crippen LogP contribution >= 0.6 is 27.7 Å². The maximum absolute atomic E-state index is 12.0. The number of para-hydroxylation sites is 1. The molecule has 2 nitrogen and oxygen atoms in total. The molecule has 0 saturated carbocycles. The van der Waals surface area contributed by atoms with Crippen molar-refractivity contribution in [2.45, 2.75) is 17.8 Å². The molecule has 0 N–H and O–H groups in total. The summed E-state index contributed by atoms with van der Waals surface area (Å²) in [6.45, 7) is 2.29. The van der Waals surface area contributed by atoms with Gasteiger partial charge in [-0.25, -0.2) is 0 Å². The molecule has 0 aliphatic heterocycles. The normalized spacial score (nSPS) is 11.4. The largest absolute Gasteiger partial charge is 0.490 e. The lowest BCUT2D eigenvalue weighted by molar-refractivity contribution is -0.0329. The minimum Gasteiger partial charge on any atom is -0.490 e. The first-order valence-electron chi connectivity index (χ1n) is 5.62. The summed E-state index contributed by atoms with van der Waals surface area (Å²) < 4.78 is 46.8. The average Bonchev–Trinajstić information content (AvgIpc) is 2.35. The van der Waals surface area contributed by atoms with Crippen LogP contribution in [0.15, 0.2) is 18.2 Å². The highest BCUT2D eigenvalue weighted by Gasteiger charge is 2.27. The molecule has 0 radical (unpaired) electrons. The lowest BCUT2D eigenvalue weighted by atomic mass is 10.2. The zero-order chi connectivity index (χ0) is 14.3. The highest BCUT2D eigenvalue weighted by molar-refractivity contribution is 9.08. The number of benzene rings is 1. The van der Waals surface area contributed by atoms with Crippen LogP contribution in [0.4, 0.5) is 13.2 Å². The summed E-state index contributed by atoms with van der Waals surface area (Å²) in [4.78, 5) is 0. The lowest BCUT2D eigenvalue weighted by Gasteiger charge is -2.15. The van der Waals surface area contributed by atoms with E-state index in [-0.39, 0.29) is 24.1 Å². The molecule has 0 fully saturated rings. The second-order valence-electron chi connectivity index (χ2n) is 3.45. The van der Waals surface area contributed by atoms with Crippen molar-refractivity contribution in [1.29, 1.82) is 0 Å². The van der Waals surface area contributed by atoms with E-state index in [0.717, 1.165) is 5.56 Å². The van der Waals surface area contributed by atoms with Crippen molar-refractivity contribution in [3.63, 3.8) is 0 Å². The average molecular weight is 359 g/mol. The highest BCUT2D eigenvalue weighted by Crippen LogP contribution is 2.34. The number of thioether (sulfide) groups is 1. The summed E-state index contributed by atoms with van der Waals surface area (Å²) in [6.07, 6.45) is 0. The van der Waals surface area contributed by atoms with Gasteiger partial charge in [-0.2, -0.15) is 13.2 Å². The van der Waals surface area contributed by atoms with Crippen LogP contribution in [0.5, 0.6) is 11.5 Å². The maximum atomic E-state index is 12.0. The fourth-order valence-corrected chi connectivity index (χ4v) is 2.24. The third kappa shape index (κ3) is 5.95. The predicted octanol–water partition coefficient (Wildman–Crippen LogP) is 4.61. The van der Waals surface area contributed by atoms with E-state index >= 15 is 0 Å². The molecule has 0 amide bonds. The Bertz CT molecular complexity index is 399. The molecule has 0 aliphatic carbocycles. The zero-order valence-electron chi connectivity index (χ0n) is 10.3. The van der Waals surface area contributed by atoms with Gasteiger partial charge in [-0.3, -0.25) is 0 Å². The molecule has 108 valence electrons. The number of hydrogen-bond donors (Lipinski definition) is 0. The van der Waals surface area contributed by atoms with E-state index in [1.54, 1.807) is 6.07 Å². The molecule has 1 rings (SSSR count). The smallest absolute Gasteiger partial charge is 0.441 e. The molecule has 1 aromatic rings. The summed E-state index contributed by atoms with van der Waals surface area (Å²) in [5.74, 6) is 0.909. The van der Waals surface area contributed by atoms with Crippen LogP contribution in [-0.2, 0) is 5.33 Å². The molecule has 7 heteroatoms. The van der Waals surface area contributed by atoms with Gasteiger partial charge in [-0.15, -0.1) is 0 Å². The lowest BCUT2D eigenvalue weighted by Crippen LogP contribution is -2.09. The number of alkyl halides is 4. The molecular formula is C12H14BrF3O2S. The van der Waals surface area contributed by atoms with Crippen LogP contribution in [0, 0.1) is 0 Å². The quantitative estimate of drug-likeness (QED) is 0.523. The Morgan fingerprint density at radius 1 is 1.26 bits per heavy atom. The predicted molar refractivity (Wildman–Crippen MR) is 74.3 cm³/mol. The number of ether oxygens (including phenoxy) is 2. The first-order chi connectivity index (χ1) is 8.98. The Hall–Kier alpha value is -0.560. The van der Waals surface area contributed by atoms with Crippen molar-refractivity contribution in [1.82, 2.24) is 0 Å². The van der Waals surface area contributed by atoms with Crippen molar-refractivity contribution >= 4 is 27.7 Å². The van der Waals surface area contributed by atoms with Crippen LogP contribution in [0.2, 0.25) is 0 Å². The third-order valence-corrected chi connectivity index (χ3v) is 3.40. The molecule has 0 heterocycles. The first kappa shape index (κ1) is 16.5. The minimum atomic E-state index is -4.22. The van der Waals surface area contributed by atoms with Gasteiger partial charge in [-0.05, 0) is 24.8 Å². The first-order valence-corrected chi connectivity index (χ1v) is 7.72. The maximum Gasteiger partial charge on any atom is 0.441 e. The Kier molecular flexibility index (Phi) is 6.85. The van der Waals surface area contributed by atoms with Gasteiger partial charge < -0.3 is 9.47 Å². The molecule has 0 spiro atoms. The van der Waals surface area contributed by atoms with Crippen LogP contribution in [0.3, 0.4) is 0 Å². The van der Waals surface area contributed by atoms with Crippen LogP contribution in [0.1, 0.15) is 12.5 Å². The van der Waals surface area contributed by atoms with Crippen LogP contribution in [0.25, 0.3) is 0 Å². The van der Waals surface area contributed by atoms with Gasteiger partial charge in [0.05, 0.1) is 13.2 Å². The summed E-state index contributed by atoms with van der Waals surface area (Å²) in [6, 6.07) is 5.39. The molecule has 0 bridgehead atoms. The molecule has 0 saturated heterocycles. The Labute approximate surface area is 122 Å². The van der Waals surface area contributed by atoms with Crippen molar-refractivity contribution in [2.24, 2.45) is 0 Å². The Morgan fingerprint density at radius 2 is 2.00 bits per heavy atom. The summed E-state index contributed by atoms with van der Waals surface area (Å²) in [5.41, 5.74) is -3.37. The Balaban J connectivity index is 2.64. The minimum absolute atomic E-state index is 0.0196. The molecular weight excluding hydrogens is 345 g/mol. The topological polar surface area (TPSA) is 18.5 Å². The van der Waals surface area contributed by atoms with E-state index in [1.165, 1.54) is 0 Å². The van der Waals surface area contributed by atoms with E-state index in [0.29, 0.717) is 23.4 Å². The summed E-state index contributed by atoms with van der Waals surface area (Å²) >= 11 is 3.22. The summed E-state index contributed by atoms with van der Waals surface area (Å²) in [7, 11) is 0. The van der Waals surface area contributed by atoms with Gasteiger partial charge >= 0.3 is 5.51 Å². The molecule has 1 aromatic carbocycles.